The quantitative estimate of drug-likeness (QED) is 0.407. The second-order valence-corrected chi connectivity index (χ2v) is 8.68. The van der Waals surface area contributed by atoms with Crippen molar-refractivity contribution >= 4 is 23.4 Å². The zero-order valence-corrected chi connectivity index (χ0v) is 19.0. The lowest BCUT2D eigenvalue weighted by Crippen LogP contribution is -2.32. The van der Waals surface area contributed by atoms with Gasteiger partial charge < -0.3 is 14.8 Å². The van der Waals surface area contributed by atoms with Crippen LogP contribution in [0.3, 0.4) is 0 Å². The van der Waals surface area contributed by atoms with Crippen molar-refractivity contribution in [3.8, 4) is 11.5 Å². The molecule has 7 heteroatoms. The summed E-state index contributed by atoms with van der Waals surface area (Å²) >= 11 is 1.53. The highest BCUT2D eigenvalue weighted by atomic mass is 32.2. The molecule has 3 heterocycles. The van der Waals surface area contributed by atoms with Gasteiger partial charge in [0.2, 0.25) is 11.1 Å². The van der Waals surface area contributed by atoms with Crippen LogP contribution in [0.1, 0.15) is 28.8 Å². The molecule has 1 aromatic heterocycles. The van der Waals surface area contributed by atoms with Gasteiger partial charge in [-0.3, -0.25) is 0 Å². The average molecular weight is 455 g/mol. The molecule has 0 fully saturated rings. The third kappa shape index (κ3) is 3.27. The van der Waals surface area contributed by atoms with E-state index < -0.39 is 0 Å². The van der Waals surface area contributed by atoms with Crippen molar-refractivity contribution in [2.24, 2.45) is 0 Å². The highest BCUT2D eigenvalue weighted by Crippen LogP contribution is 2.50. The monoisotopic (exact) mass is 454 g/mol. The highest BCUT2D eigenvalue weighted by Gasteiger charge is 2.41. The minimum atomic E-state index is -0.272. The van der Waals surface area contributed by atoms with Crippen molar-refractivity contribution in [2.45, 2.75) is 17.3 Å². The van der Waals surface area contributed by atoms with E-state index in [1.165, 1.54) is 11.8 Å². The maximum Gasteiger partial charge on any atom is 0.227 e. The third-order valence-corrected chi connectivity index (χ3v) is 6.61. The van der Waals surface area contributed by atoms with Gasteiger partial charge >= 0.3 is 0 Å². The van der Waals surface area contributed by atoms with E-state index >= 15 is 0 Å². The van der Waals surface area contributed by atoms with Crippen LogP contribution >= 0.6 is 11.8 Å². The van der Waals surface area contributed by atoms with Gasteiger partial charge in [-0.15, -0.1) is 5.10 Å². The van der Waals surface area contributed by atoms with Gasteiger partial charge in [-0.25, -0.2) is 4.68 Å². The SMILES string of the molecule is COc1ccc([C@H]2C3=C(Nc4nc(SC)nn42)c2ccccc2O[C@H]3c2ccccc2)cc1. The maximum atomic E-state index is 6.64. The molecule has 0 spiro atoms. The summed E-state index contributed by atoms with van der Waals surface area (Å²) < 4.78 is 14.0. The Morgan fingerprint density at radius 1 is 0.939 bits per heavy atom. The smallest absolute Gasteiger partial charge is 0.227 e. The van der Waals surface area contributed by atoms with Gasteiger partial charge in [0.15, 0.2) is 0 Å². The summed E-state index contributed by atoms with van der Waals surface area (Å²) in [4.78, 5) is 4.74. The Morgan fingerprint density at radius 2 is 1.70 bits per heavy atom. The second kappa shape index (κ2) is 8.01. The normalized spacial score (nSPS) is 18.5. The predicted octanol–water partition coefficient (Wildman–Crippen LogP) is 5.57. The summed E-state index contributed by atoms with van der Waals surface area (Å²) in [6, 6.07) is 26.4. The van der Waals surface area contributed by atoms with Crippen LogP contribution in [0.5, 0.6) is 11.5 Å². The van der Waals surface area contributed by atoms with E-state index in [1.54, 1.807) is 7.11 Å². The van der Waals surface area contributed by atoms with Gasteiger partial charge in [0.1, 0.15) is 23.6 Å². The number of aromatic nitrogens is 3. The molecule has 0 saturated heterocycles. The summed E-state index contributed by atoms with van der Waals surface area (Å²) in [6.45, 7) is 0. The first kappa shape index (κ1) is 19.9. The summed E-state index contributed by atoms with van der Waals surface area (Å²) in [5.41, 5.74) is 5.34. The molecule has 6 nitrogen and oxygen atoms in total. The summed E-state index contributed by atoms with van der Waals surface area (Å²) in [7, 11) is 1.68. The van der Waals surface area contributed by atoms with E-state index in [0.717, 1.165) is 50.6 Å². The fourth-order valence-corrected chi connectivity index (χ4v) is 4.90. The van der Waals surface area contributed by atoms with E-state index in [1.807, 2.05) is 59.5 Å². The predicted molar refractivity (Wildman–Crippen MR) is 130 cm³/mol. The van der Waals surface area contributed by atoms with E-state index in [-0.39, 0.29) is 12.1 Å². The van der Waals surface area contributed by atoms with Crippen molar-refractivity contribution in [3.63, 3.8) is 0 Å². The fraction of sp³-hybridized carbons (Fsp3) is 0.154. The number of nitrogens with one attached hydrogen (secondary N) is 1. The molecule has 0 amide bonds. The van der Waals surface area contributed by atoms with Crippen LogP contribution in [0.25, 0.3) is 5.70 Å². The minimum absolute atomic E-state index is 0.186. The van der Waals surface area contributed by atoms with Crippen LogP contribution in [-0.2, 0) is 0 Å². The molecule has 4 aromatic rings. The Bertz CT molecular complexity index is 1350. The lowest BCUT2D eigenvalue weighted by molar-refractivity contribution is 0.223. The van der Waals surface area contributed by atoms with Gasteiger partial charge in [-0.1, -0.05) is 66.4 Å². The Balaban J connectivity index is 1.62. The van der Waals surface area contributed by atoms with Gasteiger partial charge in [0.25, 0.3) is 0 Å². The topological polar surface area (TPSA) is 61.2 Å². The van der Waals surface area contributed by atoms with Crippen molar-refractivity contribution in [2.75, 3.05) is 18.7 Å². The zero-order valence-electron chi connectivity index (χ0n) is 18.2. The number of fused-ring (bicyclic) bond motifs is 3. The number of methoxy groups -OCH3 is 1. The van der Waals surface area contributed by atoms with E-state index in [9.17, 15) is 0 Å². The van der Waals surface area contributed by atoms with Crippen LogP contribution in [0.2, 0.25) is 0 Å². The molecular weight excluding hydrogens is 432 g/mol. The molecule has 0 saturated carbocycles. The Kier molecular flexibility index (Phi) is 4.84. The molecule has 0 bridgehead atoms. The average Bonchev–Trinajstić information content (AvgIpc) is 3.30. The molecule has 3 aromatic carbocycles. The van der Waals surface area contributed by atoms with Crippen LogP contribution in [-0.4, -0.2) is 28.1 Å². The van der Waals surface area contributed by atoms with Gasteiger partial charge in [-0.2, -0.15) is 4.98 Å². The first-order valence-electron chi connectivity index (χ1n) is 10.7. The Hall–Kier alpha value is -3.71. The van der Waals surface area contributed by atoms with Crippen LogP contribution < -0.4 is 14.8 Å². The molecule has 0 radical (unpaired) electrons. The highest BCUT2D eigenvalue weighted by molar-refractivity contribution is 7.98. The first-order valence-corrected chi connectivity index (χ1v) is 12.0. The Labute approximate surface area is 196 Å². The molecule has 2 atom stereocenters. The summed E-state index contributed by atoms with van der Waals surface area (Å²) in [5, 5.41) is 9.14. The molecule has 0 unspecified atom stereocenters. The van der Waals surface area contributed by atoms with Crippen LogP contribution in [0.15, 0.2) is 89.6 Å². The number of nitrogens with zero attached hydrogens (tertiary/aromatic N) is 3. The number of thioether (sulfide) groups is 1. The van der Waals surface area contributed by atoms with Gasteiger partial charge in [0.05, 0.1) is 12.8 Å². The molecular formula is C26H22N4O2S. The summed E-state index contributed by atoms with van der Waals surface area (Å²) in [6.07, 6.45) is 1.72. The van der Waals surface area contributed by atoms with E-state index in [2.05, 4.69) is 35.6 Å². The number of hydrogen-bond acceptors (Lipinski definition) is 6. The minimum Gasteiger partial charge on any atom is -0.497 e. The Morgan fingerprint density at radius 3 is 2.45 bits per heavy atom. The zero-order chi connectivity index (χ0) is 22.4. The molecule has 33 heavy (non-hydrogen) atoms. The molecule has 164 valence electrons. The number of anilines is 1. The largest absolute Gasteiger partial charge is 0.497 e. The maximum absolute atomic E-state index is 6.64. The third-order valence-electron chi connectivity index (χ3n) is 6.08. The molecule has 2 aliphatic rings. The number of ether oxygens (including phenoxy) is 2. The number of para-hydroxylation sites is 1. The summed E-state index contributed by atoms with van der Waals surface area (Å²) in [5.74, 6) is 2.39. The first-order chi connectivity index (χ1) is 16.3. The lowest BCUT2D eigenvalue weighted by Gasteiger charge is -2.38. The van der Waals surface area contributed by atoms with Crippen molar-refractivity contribution in [3.05, 3.63) is 101 Å². The van der Waals surface area contributed by atoms with Crippen LogP contribution in [0.4, 0.5) is 5.95 Å². The molecule has 2 aliphatic heterocycles. The standard InChI is InChI=1S/C26H22N4O2S/c1-31-18-14-12-16(13-15-18)23-21-22(27-25-28-26(33-2)29-30(23)25)19-10-6-7-11-20(19)32-24(21)17-8-4-3-5-9-17/h3-15,23-24H,1-2H3,(H,27,28,29)/t23-,24-/m0/s1. The molecule has 1 N–H and O–H groups in total. The lowest BCUT2D eigenvalue weighted by atomic mass is 9.84. The van der Waals surface area contributed by atoms with Gasteiger partial charge in [-0.05, 0) is 41.6 Å². The van der Waals surface area contributed by atoms with Crippen molar-refractivity contribution in [1.29, 1.82) is 0 Å². The molecule has 6 rings (SSSR count). The van der Waals surface area contributed by atoms with Crippen LogP contribution in [0, 0.1) is 0 Å². The number of hydrogen-bond donors (Lipinski definition) is 1. The number of benzene rings is 3. The molecule has 0 aliphatic carbocycles. The second-order valence-electron chi connectivity index (χ2n) is 7.90. The van der Waals surface area contributed by atoms with E-state index in [0.29, 0.717) is 0 Å². The van der Waals surface area contributed by atoms with Gasteiger partial charge in [0, 0.05) is 11.1 Å². The van der Waals surface area contributed by atoms with Crippen molar-refractivity contribution < 1.29 is 9.47 Å². The van der Waals surface area contributed by atoms with E-state index in [4.69, 9.17) is 19.6 Å². The number of rotatable bonds is 4. The van der Waals surface area contributed by atoms with Crippen molar-refractivity contribution in [1.82, 2.24) is 14.8 Å². The fourth-order valence-electron chi connectivity index (χ4n) is 4.55.